The van der Waals surface area contributed by atoms with E-state index in [0.717, 1.165) is 22.6 Å². The topological polar surface area (TPSA) is 93.4 Å². The van der Waals surface area contributed by atoms with Crippen molar-refractivity contribution in [2.24, 2.45) is 0 Å². The van der Waals surface area contributed by atoms with E-state index in [-0.39, 0.29) is 0 Å². The summed E-state index contributed by atoms with van der Waals surface area (Å²) < 4.78 is 1.57. The average molecular weight is 242 g/mol. The predicted molar refractivity (Wildman–Crippen MR) is 67.2 cm³/mol. The van der Waals surface area contributed by atoms with Crippen LogP contribution >= 0.6 is 0 Å². The Hall–Kier alpha value is -2.42. The minimum absolute atomic E-state index is 0.429. The number of nitrogen functional groups attached to an aromatic ring is 1. The van der Waals surface area contributed by atoms with Crippen LogP contribution in [0.1, 0.15) is 28.2 Å². The first-order chi connectivity index (χ1) is 8.47. The lowest BCUT2D eigenvalue weighted by Crippen LogP contribution is -2.09. The van der Waals surface area contributed by atoms with Crippen molar-refractivity contribution in [3.63, 3.8) is 0 Å². The number of hydrogen-bond donors (Lipinski definition) is 1. The van der Waals surface area contributed by atoms with Crippen LogP contribution in [0.25, 0.3) is 5.82 Å². The molecule has 0 spiro atoms. The third kappa shape index (κ3) is 1.61. The Labute approximate surface area is 105 Å². The second-order valence-corrected chi connectivity index (χ2v) is 4.22. The van der Waals surface area contributed by atoms with Crippen LogP contribution in [0.15, 0.2) is 0 Å². The van der Waals surface area contributed by atoms with E-state index >= 15 is 0 Å². The SMILES string of the molecule is Cc1nnc(-n2nc(C)c(N)c2C)c(C#N)c1C. The van der Waals surface area contributed by atoms with Crippen molar-refractivity contribution in [2.75, 3.05) is 5.73 Å². The van der Waals surface area contributed by atoms with Gasteiger partial charge in [0.2, 0.25) is 0 Å². The molecule has 2 aromatic heterocycles. The summed E-state index contributed by atoms with van der Waals surface area (Å²) in [6, 6.07) is 2.15. The highest BCUT2D eigenvalue weighted by Gasteiger charge is 2.17. The maximum absolute atomic E-state index is 9.26. The Morgan fingerprint density at radius 2 is 1.78 bits per heavy atom. The van der Waals surface area contributed by atoms with Gasteiger partial charge in [-0.25, -0.2) is 4.68 Å². The average Bonchev–Trinajstić information content (AvgIpc) is 2.60. The number of aromatic nitrogens is 4. The zero-order valence-electron chi connectivity index (χ0n) is 10.8. The highest BCUT2D eigenvalue weighted by atomic mass is 15.4. The summed E-state index contributed by atoms with van der Waals surface area (Å²) in [5.74, 6) is 0.429. The van der Waals surface area contributed by atoms with E-state index in [9.17, 15) is 5.26 Å². The molecular formula is C12H14N6. The van der Waals surface area contributed by atoms with Crippen LogP contribution in [0.4, 0.5) is 5.69 Å². The predicted octanol–water partition coefficient (Wildman–Crippen LogP) is 1.35. The molecule has 2 rings (SSSR count). The molecule has 0 bridgehead atoms. The van der Waals surface area contributed by atoms with Crippen LogP contribution in [-0.2, 0) is 0 Å². The summed E-state index contributed by atoms with van der Waals surface area (Å²) in [5.41, 5.74) is 10.0. The number of anilines is 1. The van der Waals surface area contributed by atoms with E-state index < -0.39 is 0 Å². The van der Waals surface area contributed by atoms with Crippen molar-refractivity contribution >= 4 is 5.69 Å². The fraction of sp³-hybridized carbons (Fsp3) is 0.333. The number of hydrogen-bond acceptors (Lipinski definition) is 5. The van der Waals surface area contributed by atoms with Gasteiger partial charge in [-0.2, -0.15) is 15.5 Å². The molecule has 0 radical (unpaired) electrons. The van der Waals surface area contributed by atoms with Crippen molar-refractivity contribution < 1.29 is 0 Å². The lowest BCUT2D eigenvalue weighted by molar-refractivity contribution is 0.768. The molecule has 2 aromatic rings. The minimum Gasteiger partial charge on any atom is -0.396 e. The van der Waals surface area contributed by atoms with Gasteiger partial charge in [-0.1, -0.05) is 0 Å². The Morgan fingerprint density at radius 3 is 2.28 bits per heavy atom. The Morgan fingerprint density at radius 1 is 1.11 bits per heavy atom. The molecule has 6 heteroatoms. The molecule has 0 saturated heterocycles. The first-order valence-corrected chi connectivity index (χ1v) is 5.53. The summed E-state index contributed by atoms with van der Waals surface area (Å²) in [7, 11) is 0. The standard InChI is InChI=1S/C12H14N6/c1-6-7(2)15-16-12(10(6)5-13)18-9(4)11(14)8(3)17-18/h14H2,1-4H3. The van der Waals surface area contributed by atoms with Gasteiger partial charge in [0.1, 0.15) is 11.6 Å². The van der Waals surface area contributed by atoms with Crippen LogP contribution in [0.5, 0.6) is 0 Å². The summed E-state index contributed by atoms with van der Waals surface area (Å²) in [4.78, 5) is 0. The van der Waals surface area contributed by atoms with Crippen molar-refractivity contribution in [1.82, 2.24) is 20.0 Å². The monoisotopic (exact) mass is 242 g/mol. The Bertz CT molecular complexity index is 662. The molecule has 0 fully saturated rings. The first kappa shape index (κ1) is 12.0. The third-order valence-electron chi connectivity index (χ3n) is 3.10. The van der Waals surface area contributed by atoms with Crippen LogP contribution in [0.3, 0.4) is 0 Å². The van der Waals surface area contributed by atoms with Gasteiger partial charge in [0, 0.05) is 0 Å². The van der Waals surface area contributed by atoms with Crippen molar-refractivity contribution in [2.45, 2.75) is 27.7 Å². The molecule has 0 aliphatic carbocycles. The molecule has 2 heterocycles. The van der Waals surface area contributed by atoms with Gasteiger partial charge in [-0.05, 0) is 33.3 Å². The van der Waals surface area contributed by atoms with Crippen LogP contribution in [0, 0.1) is 39.0 Å². The molecule has 0 atom stereocenters. The lowest BCUT2D eigenvalue weighted by atomic mass is 10.1. The third-order valence-corrected chi connectivity index (χ3v) is 3.10. The molecule has 0 saturated carbocycles. The number of rotatable bonds is 1. The number of aryl methyl sites for hydroxylation is 2. The van der Waals surface area contributed by atoms with Crippen molar-refractivity contribution in [3.05, 3.63) is 28.2 Å². The van der Waals surface area contributed by atoms with Crippen LogP contribution in [-0.4, -0.2) is 20.0 Å². The van der Waals surface area contributed by atoms with Crippen LogP contribution < -0.4 is 5.73 Å². The van der Waals surface area contributed by atoms with Crippen molar-refractivity contribution in [3.8, 4) is 11.9 Å². The van der Waals surface area contributed by atoms with Gasteiger partial charge in [0.15, 0.2) is 5.82 Å². The normalized spacial score (nSPS) is 10.4. The van der Waals surface area contributed by atoms with Gasteiger partial charge in [0.25, 0.3) is 0 Å². The molecular weight excluding hydrogens is 228 g/mol. The summed E-state index contributed by atoms with van der Waals surface area (Å²) >= 11 is 0. The molecule has 0 aliphatic heterocycles. The maximum Gasteiger partial charge on any atom is 0.194 e. The molecule has 6 nitrogen and oxygen atoms in total. The molecule has 0 amide bonds. The fourth-order valence-electron chi connectivity index (χ4n) is 1.74. The summed E-state index contributed by atoms with van der Waals surface area (Å²) in [6.45, 7) is 7.33. The van der Waals surface area contributed by atoms with E-state index in [4.69, 9.17) is 5.73 Å². The largest absolute Gasteiger partial charge is 0.396 e. The smallest absolute Gasteiger partial charge is 0.194 e. The van der Waals surface area contributed by atoms with Gasteiger partial charge in [-0.3, -0.25) is 0 Å². The van der Waals surface area contributed by atoms with E-state index in [2.05, 4.69) is 21.4 Å². The highest BCUT2D eigenvalue weighted by Crippen LogP contribution is 2.22. The lowest BCUT2D eigenvalue weighted by Gasteiger charge is -2.08. The van der Waals surface area contributed by atoms with Gasteiger partial charge in [-0.15, -0.1) is 5.10 Å². The Kier molecular flexibility index (Phi) is 2.75. The molecule has 18 heavy (non-hydrogen) atoms. The zero-order valence-corrected chi connectivity index (χ0v) is 10.8. The van der Waals surface area contributed by atoms with Crippen LogP contribution in [0.2, 0.25) is 0 Å². The van der Waals surface area contributed by atoms with Crippen molar-refractivity contribution in [1.29, 1.82) is 5.26 Å². The second-order valence-electron chi connectivity index (χ2n) is 4.22. The highest BCUT2D eigenvalue weighted by molar-refractivity contribution is 5.54. The maximum atomic E-state index is 9.26. The van der Waals surface area contributed by atoms with Gasteiger partial charge >= 0.3 is 0 Å². The van der Waals surface area contributed by atoms with E-state index in [1.54, 1.807) is 4.68 Å². The fourth-order valence-corrected chi connectivity index (χ4v) is 1.74. The number of nitriles is 1. The summed E-state index contributed by atoms with van der Waals surface area (Å²) in [5, 5.41) is 21.7. The molecule has 0 aliphatic rings. The minimum atomic E-state index is 0.429. The number of nitrogens with zero attached hydrogens (tertiary/aromatic N) is 5. The zero-order chi connectivity index (χ0) is 13.4. The number of nitrogens with two attached hydrogens (primary N) is 1. The molecule has 2 N–H and O–H groups in total. The molecule has 0 aromatic carbocycles. The van der Waals surface area contributed by atoms with E-state index in [0.29, 0.717) is 17.1 Å². The van der Waals surface area contributed by atoms with E-state index in [1.807, 2.05) is 27.7 Å². The first-order valence-electron chi connectivity index (χ1n) is 5.53. The molecule has 0 unspecified atom stereocenters. The van der Waals surface area contributed by atoms with E-state index in [1.165, 1.54) is 0 Å². The summed E-state index contributed by atoms with van der Waals surface area (Å²) in [6.07, 6.45) is 0. The van der Waals surface area contributed by atoms with Gasteiger partial charge in [0.05, 0.1) is 22.8 Å². The second kappa shape index (κ2) is 4.11. The quantitative estimate of drug-likeness (QED) is 0.814. The Balaban J connectivity index is 2.76. The molecule has 92 valence electrons. The van der Waals surface area contributed by atoms with Gasteiger partial charge < -0.3 is 5.73 Å².